The van der Waals surface area contributed by atoms with Crippen molar-refractivity contribution in [3.05, 3.63) is 54.6 Å². The summed E-state index contributed by atoms with van der Waals surface area (Å²) in [5.74, 6) is -0.275. The Morgan fingerprint density at radius 2 is 1.65 bits per heavy atom. The van der Waals surface area contributed by atoms with Gasteiger partial charge in [-0.05, 0) is 18.6 Å². The number of hydrogen-bond acceptors (Lipinski definition) is 3. The number of carbonyl (C=O) groups is 1. The van der Waals surface area contributed by atoms with Gasteiger partial charge in [-0.2, -0.15) is 0 Å². The smallest absolute Gasteiger partial charge is 0.327 e. The van der Waals surface area contributed by atoms with Gasteiger partial charge in [-0.1, -0.05) is 48.5 Å². The van der Waals surface area contributed by atoms with Crippen LogP contribution in [-0.4, -0.2) is 19.1 Å². The number of nitrogens with one attached hydrogen (secondary N) is 1. The lowest BCUT2D eigenvalue weighted by Gasteiger charge is -2.16. The van der Waals surface area contributed by atoms with Gasteiger partial charge in [0.05, 0.1) is 7.11 Å². The lowest BCUT2D eigenvalue weighted by molar-refractivity contribution is -0.141. The molecule has 106 valence electrons. The first-order chi connectivity index (χ1) is 9.22. The van der Waals surface area contributed by atoms with Gasteiger partial charge >= 0.3 is 5.97 Å². The van der Waals surface area contributed by atoms with Crippen molar-refractivity contribution < 1.29 is 9.53 Å². The van der Waals surface area contributed by atoms with Gasteiger partial charge in [-0.3, -0.25) is 0 Å². The van der Waals surface area contributed by atoms with E-state index in [0.29, 0.717) is 0 Å². The Kier molecular flexibility index (Phi) is 6.07. The average molecular weight is 292 g/mol. The molecular weight excluding hydrogens is 274 g/mol. The molecule has 0 amide bonds. The molecule has 0 unspecified atom stereocenters. The van der Waals surface area contributed by atoms with Crippen LogP contribution in [0.5, 0.6) is 0 Å². The Hall–Kier alpha value is -2.00. The SMILES string of the molecule is COC(=O)[C@H](C)Nc1ccccc1-c1ccccc1.Cl. The molecule has 0 spiro atoms. The minimum Gasteiger partial charge on any atom is -0.467 e. The maximum absolute atomic E-state index is 11.5. The third kappa shape index (κ3) is 3.75. The molecule has 4 heteroatoms. The molecule has 1 atom stereocenters. The summed E-state index contributed by atoms with van der Waals surface area (Å²) in [5.41, 5.74) is 3.10. The van der Waals surface area contributed by atoms with E-state index >= 15 is 0 Å². The number of ether oxygens (including phenoxy) is 1. The largest absolute Gasteiger partial charge is 0.467 e. The molecule has 0 aliphatic heterocycles. The molecule has 2 rings (SSSR count). The molecule has 0 fully saturated rings. The fourth-order valence-electron chi connectivity index (χ4n) is 1.95. The van der Waals surface area contributed by atoms with Crippen LogP contribution in [0.4, 0.5) is 5.69 Å². The monoisotopic (exact) mass is 291 g/mol. The van der Waals surface area contributed by atoms with E-state index < -0.39 is 0 Å². The highest BCUT2D eigenvalue weighted by atomic mass is 35.5. The lowest BCUT2D eigenvalue weighted by atomic mass is 10.0. The zero-order chi connectivity index (χ0) is 13.7. The molecule has 1 N–H and O–H groups in total. The van der Waals surface area contributed by atoms with Gasteiger partial charge in [0.15, 0.2) is 0 Å². The van der Waals surface area contributed by atoms with Crippen molar-refractivity contribution in [2.45, 2.75) is 13.0 Å². The summed E-state index contributed by atoms with van der Waals surface area (Å²) in [4.78, 5) is 11.5. The van der Waals surface area contributed by atoms with Crippen molar-refractivity contribution in [2.75, 3.05) is 12.4 Å². The minimum absolute atomic E-state index is 0. The predicted octanol–water partition coefficient (Wildman–Crippen LogP) is 3.75. The van der Waals surface area contributed by atoms with E-state index in [-0.39, 0.29) is 24.4 Å². The molecule has 2 aromatic carbocycles. The molecule has 0 heterocycles. The second kappa shape index (κ2) is 7.56. The van der Waals surface area contributed by atoms with Crippen LogP contribution in [0.1, 0.15) is 6.92 Å². The molecule has 3 nitrogen and oxygen atoms in total. The van der Waals surface area contributed by atoms with Crippen LogP contribution >= 0.6 is 12.4 Å². The number of hydrogen-bond donors (Lipinski definition) is 1. The highest BCUT2D eigenvalue weighted by Crippen LogP contribution is 2.27. The van der Waals surface area contributed by atoms with E-state index in [4.69, 9.17) is 4.74 Å². The molecular formula is C16H18ClNO2. The fraction of sp³-hybridized carbons (Fsp3) is 0.188. The van der Waals surface area contributed by atoms with Crippen molar-refractivity contribution in [2.24, 2.45) is 0 Å². The predicted molar refractivity (Wildman–Crippen MR) is 84.2 cm³/mol. The highest BCUT2D eigenvalue weighted by Gasteiger charge is 2.14. The van der Waals surface area contributed by atoms with Gasteiger partial charge in [-0.15, -0.1) is 12.4 Å². The number of halogens is 1. The molecule has 0 aliphatic carbocycles. The zero-order valence-electron chi connectivity index (χ0n) is 11.5. The van der Waals surface area contributed by atoms with Gasteiger partial charge in [0, 0.05) is 11.3 Å². The summed E-state index contributed by atoms with van der Waals surface area (Å²) < 4.78 is 4.73. The summed E-state index contributed by atoms with van der Waals surface area (Å²) in [6.07, 6.45) is 0. The third-order valence-electron chi connectivity index (χ3n) is 2.94. The van der Waals surface area contributed by atoms with Crippen molar-refractivity contribution in [1.29, 1.82) is 0 Å². The summed E-state index contributed by atoms with van der Waals surface area (Å²) in [5, 5.41) is 3.19. The second-order valence-electron chi connectivity index (χ2n) is 4.30. The normalized spacial score (nSPS) is 11.1. The number of carbonyl (C=O) groups excluding carboxylic acids is 1. The van der Waals surface area contributed by atoms with Gasteiger partial charge in [0.25, 0.3) is 0 Å². The van der Waals surface area contributed by atoms with E-state index in [2.05, 4.69) is 5.32 Å². The van der Waals surface area contributed by atoms with Crippen LogP contribution in [0.2, 0.25) is 0 Å². The van der Waals surface area contributed by atoms with E-state index in [1.165, 1.54) is 7.11 Å². The molecule has 0 saturated carbocycles. The van der Waals surface area contributed by atoms with Crippen molar-refractivity contribution in [3.8, 4) is 11.1 Å². The molecule has 0 bridgehead atoms. The van der Waals surface area contributed by atoms with Crippen LogP contribution in [-0.2, 0) is 9.53 Å². The molecule has 0 saturated heterocycles. The minimum atomic E-state index is -0.380. The first-order valence-electron chi connectivity index (χ1n) is 6.21. The maximum Gasteiger partial charge on any atom is 0.327 e. The molecule has 0 aliphatic rings. The van der Waals surface area contributed by atoms with Crippen LogP contribution in [0, 0.1) is 0 Å². The Balaban J connectivity index is 0.00000200. The Bertz CT molecular complexity index is 557. The van der Waals surface area contributed by atoms with Crippen molar-refractivity contribution >= 4 is 24.1 Å². The number of methoxy groups -OCH3 is 1. The summed E-state index contributed by atoms with van der Waals surface area (Å²) >= 11 is 0. The number of anilines is 1. The van der Waals surface area contributed by atoms with E-state index in [1.807, 2.05) is 54.6 Å². The van der Waals surface area contributed by atoms with E-state index in [1.54, 1.807) is 6.92 Å². The van der Waals surface area contributed by atoms with Crippen LogP contribution in [0.3, 0.4) is 0 Å². The van der Waals surface area contributed by atoms with Crippen molar-refractivity contribution in [3.63, 3.8) is 0 Å². The molecule has 0 radical (unpaired) electrons. The zero-order valence-corrected chi connectivity index (χ0v) is 12.3. The summed E-state index contributed by atoms with van der Waals surface area (Å²) in [6.45, 7) is 1.79. The molecule has 2 aromatic rings. The average Bonchev–Trinajstić information content (AvgIpc) is 2.47. The van der Waals surface area contributed by atoms with Gasteiger partial charge in [-0.25, -0.2) is 4.79 Å². The summed E-state index contributed by atoms with van der Waals surface area (Å²) in [7, 11) is 1.39. The first kappa shape index (κ1) is 16.1. The second-order valence-corrected chi connectivity index (χ2v) is 4.30. The van der Waals surface area contributed by atoms with Crippen LogP contribution in [0.25, 0.3) is 11.1 Å². The Labute approximate surface area is 125 Å². The van der Waals surface area contributed by atoms with Crippen LogP contribution in [0.15, 0.2) is 54.6 Å². The molecule has 20 heavy (non-hydrogen) atoms. The molecule has 0 aromatic heterocycles. The summed E-state index contributed by atoms with van der Waals surface area (Å²) in [6, 6.07) is 17.6. The third-order valence-corrected chi connectivity index (χ3v) is 2.94. The van der Waals surface area contributed by atoms with Gasteiger partial charge in [0.1, 0.15) is 6.04 Å². The van der Waals surface area contributed by atoms with Crippen molar-refractivity contribution in [1.82, 2.24) is 0 Å². The first-order valence-corrected chi connectivity index (χ1v) is 6.21. The van der Waals surface area contributed by atoms with Gasteiger partial charge < -0.3 is 10.1 Å². The number of benzene rings is 2. The standard InChI is InChI=1S/C16H17NO2.ClH/c1-12(16(18)19-2)17-15-11-7-6-10-14(15)13-8-4-3-5-9-13;/h3-12,17H,1-2H3;1H/t12-;/m0./s1. The van der Waals surface area contributed by atoms with E-state index in [9.17, 15) is 4.79 Å². The van der Waals surface area contributed by atoms with Crippen LogP contribution < -0.4 is 5.32 Å². The highest BCUT2D eigenvalue weighted by molar-refractivity contribution is 5.85. The lowest BCUT2D eigenvalue weighted by Crippen LogP contribution is -2.27. The number of esters is 1. The fourth-order valence-corrected chi connectivity index (χ4v) is 1.95. The topological polar surface area (TPSA) is 38.3 Å². The quantitative estimate of drug-likeness (QED) is 0.872. The Morgan fingerprint density at radius 3 is 2.30 bits per heavy atom. The maximum atomic E-state index is 11.5. The number of rotatable bonds is 4. The van der Waals surface area contributed by atoms with Gasteiger partial charge in [0.2, 0.25) is 0 Å². The van der Waals surface area contributed by atoms with E-state index in [0.717, 1.165) is 16.8 Å². The Morgan fingerprint density at radius 1 is 1.05 bits per heavy atom. The number of para-hydroxylation sites is 1.